The normalized spacial score (nSPS) is 20.9. The second-order valence-electron chi connectivity index (χ2n) is 3.55. The van der Waals surface area contributed by atoms with E-state index in [4.69, 9.17) is 15.9 Å². The van der Waals surface area contributed by atoms with Crippen molar-refractivity contribution in [3.63, 3.8) is 0 Å². The van der Waals surface area contributed by atoms with E-state index in [1.165, 1.54) is 0 Å². The van der Waals surface area contributed by atoms with Gasteiger partial charge in [-0.25, -0.2) is 0 Å². The third-order valence-electron chi connectivity index (χ3n) is 2.19. The lowest BCUT2D eigenvalue weighted by Gasteiger charge is -2.34. The summed E-state index contributed by atoms with van der Waals surface area (Å²) < 4.78 is 0. The Morgan fingerprint density at radius 3 is 2.25 bits per heavy atom. The van der Waals surface area contributed by atoms with Crippen LogP contribution in [0.5, 0.6) is 0 Å². The molecule has 16 heavy (non-hydrogen) atoms. The Hall–Kier alpha value is -0.570. The number of carbonyl (C=O) groups excluding carboxylic acids is 1. The molecule has 0 aliphatic rings. The smallest absolute Gasteiger partial charge is 0.175 e. The van der Waals surface area contributed by atoms with Crippen LogP contribution in [0.2, 0.25) is 0 Å². The van der Waals surface area contributed by atoms with Gasteiger partial charge >= 0.3 is 0 Å². The molecule has 0 rings (SSSR count). The maximum atomic E-state index is 11.2. The van der Waals surface area contributed by atoms with Crippen molar-refractivity contribution in [2.45, 2.75) is 36.9 Å². The van der Waals surface area contributed by atoms with Crippen molar-refractivity contribution >= 4 is 5.78 Å². The Morgan fingerprint density at radius 2 is 1.88 bits per heavy atom. The first-order valence-electron chi connectivity index (χ1n) is 4.77. The molecule has 7 heteroatoms. The monoisotopic (exact) mass is 236 g/mol. The van der Waals surface area contributed by atoms with Gasteiger partial charge in [-0.05, 0) is 6.42 Å². The number of hydrogen-bond donors (Lipinski definition) is 6. The molecule has 0 aliphatic carbocycles. The summed E-state index contributed by atoms with van der Waals surface area (Å²) in [6.07, 6.45) is -5.77. The Bertz CT molecular complexity index is 232. The molecule has 4 atom stereocenters. The van der Waals surface area contributed by atoms with Gasteiger partial charge in [0.15, 0.2) is 17.6 Å². The lowest BCUT2D eigenvalue weighted by molar-refractivity contribution is -0.184. The molecule has 95 valence electrons. The van der Waals surface area contributed by atoms with Gasteiger partial charge in [-0.1, -0.05) is 6.92 Å². The molecule has 0 spiro atoms. The van der Waals surface area contributed by atoms with Gasteiger partial charge in [0.1, 0.15) is 12.2 Å². The molecule has 7 N–H and O–H groups in total. The third-order valence-corrected chi connectivity index (χ3v) is 2.19. The van der Waals surface area contributed by atoms with Crippen molar-refractivity contribution in [3.8, 4) is 0 Å². The maximum Gasteiger partial charge on any atom is 0.175 e. The molecule has 0 aromatic carbocycles. The van der Waals surface area contributed by atoms with E-state index in [-0.39, 0.29) is 12.8 Å². The second-order valence-corrected chi connectivity index (χ2v) is 3.55. The van der Waals surface area contributed by atoms with E-state index >= 15 is 0 Å². The molecule has 0 bridgehead atoms. The predicted molar refractivity (Wildman–Crippen MR) is 53.8 cm³/mol. The molecule has 0 heterocycles. The molecule has 0 fully saturated rings. The first-order chi connectivity index (χ1) is 7.28. The Balaban J connectivity index is 4.69. The standard InChI is InChI=1S/C9H18NO6/c1-2-3-5(12)7(14)9(10,16)8(15)6(13)4-11/h6-8,11,13-16H,1-4,10H2/t6-,7+,8-,9-/m1/s1. The van der Waals surface area contributed by atoms with E-state index in [1.54, 1.807) is 0 Å². The summed E-state index contributed by atoms with van der Waals surface area (Å²) in [4.78, 5) is 11.2. The highest BCUT2D eigenvalue weighted by Gasteiger charge is 2.45. The molecular weight excluding hydrogens is 218 g/mol. The van der Waals surface area contributed by atoms with Gasteiger partial charge in [-0.2, -0.15) is 0 Å². The largest absolute Gasteiger partial charge is 0.394 e. The fourth-order valence-electron chi connectivity index (χ4n) is 1.14. The quantitative estimate of drug-likeness (QED) is 0.257. The molecule has 0 unspecified atom stereocenters. The van der Waals surface area contributed by atoms with Crippen molar-refractivity contribution in [3.05, 3.63) is 6.92 Å². The molecule has 0 aliphatic heterocycles. The van der Waals surface area contributed by atoms with Gasteiger partial charge in [0.05, 0.1) is 6.61 Å². The minimum absolute atomic E-state index is 0.122. The van der Waals surface area contributed by atoms with Crippen LogP contribution in [0, 0.1) is 6.92 Å². The molecular formula is C9H18NO6. The molecule has 0 aromatic heterocycles. The predicted octanol–water partition coefficient (Wildman–Crippen LogP) is -3.11. The van der Waals surface area contributed by atoms with E-state index in [0.717, 1.165) is 0 Å². The number of rotatable bonds is 7. The number of nitrogens with two attached hydrogens (primary N) is 1. The van der Waals surface area contributed by atoms with Gasteiger partial charge in [0.2, 0.25) is 0 Å². The van der Waals surface area contributed by atoms with Crippen molar-refractivity contribution in [1.82, 2.24) is 0 Å². The van der Waals surface area contributed by atoms with Crippen LogP contribution in [-0.2, 0) is 4.79 Å². The second kappa shape index (κ2) is 6.24. The average molecular weight is 236 g/mol. The minimum atomic E-state index is -2.71. The summed E-state index contributed by atoms with van der Waals surface area (Å²) in [6, 6.07) is 0. The summed E-state index contributed by atoms with van der Waals surface area (Å²) in [5.41, 5.74) is 2.44. The first kappa shape index (κ1) is 15.4. The summed E-state index contributed by atoms with van der Waals surface area (Å²) in [5.74, 6) is -0.802. The van der Waals surface area contributed by atoms with Gasteiger partial charge in [-0.3, -0.25) is 10.5 Å². The Kier molecular flexibility index (Phi) is 6.01. The maximum absolute atomic E-state index is 11.2. The van der Waals surface area contributed by atoms with Crippen LogP contribution < -0.4 is 5.73 Å². The Morgan fingerprint density at radius 1 is 1.38 bits per heavy atom. The summed E-state index contributed by atoms with van der Waals surface area (Å²) in [7, 11) is 0. The molecule has 0 amide bonds. The van der Waals surface area contributed by atoms with Crippen LogP contribution in [-0.4, -0.2) is 62.0 Å². The van der Waals surface area contributed by atoms with Gasteiger partial charge < -0.3 is 25.5 Å². The zero-order valence-electron chi connectivity index (χ0n) is 8.78. The molecule has 0 saturated carbocycles. The zero-order valence-corrected chi connectivity index (χ0v) is 8.78. The minimum Gasteiger partial charge on any atom is -0.394 e. The van der Waals surface area contributed by atoms with Crippen LogP contribution in [0.25, 0.3) is 0 Å². The van der Waals surface area contributed by atoms with Crippen LogP contribution >= 0.6 is 0 Å². The van der Waals surface area contributed by atoms with E-state index < -0.39 is 36.4 Å². The van der Waals surface area contributed by atoms with Gasteiger partial charge in [0.25, 0.3) is 0 Å². The van der Waals surface area contributed by atoms with Crippen molar-refractivity contribution < 1.29 is 30.3 Å². The highest BCUT2D eigenvalue weighted by Crippen LogP contribution is 2.15. The molecule has 0 saturated heterocycles. The number of aliphatic hydroxyl groups excluding tert-OH is 4. The molecule has 1 radical (unpaired) electrons. The summed E-state index contributed by atoms with van der Waals surface area (Å²) in [6.45, 7) is 2.52. The third kappa shape index (κ3) is 3.48. The van der Waals surface area contributed by atoms with Crippen molar-refractivity contribution in [2.24, 2.45) is 5.73 Å². The van der Waals surface area contributed by atoms with E-state index in [0.29, 0.717) is 0 Å². The lowest BCUT2D eigenvalue weighted by Crippen LogP contribution is -2.65. The first-order valence-corrected chi connectivity index (χ1v) is 4.77. The fourth-order valence-corrected chi connectivity index (χ4v) is 1.14. The zero-order chi connectivity index (χ0) is 12.9. The van der Waals surface area contributed by atoms with Gasteiger partial charge in [-0.15, -0.1) is 0 Å². The van der Waals surface area contributed by atoms with Crippen molar-refractivity contribution in [1.29, 1.82) is 0 Å². The topological polar surface area (TPSA) is 144 Å². The highest BCUT2D eigenvalue weighted by atomic mass is 16.4. The lowest BCUT2D eigenvalue weighted by atomic mass is 9.92. The molecule has 7 nitrogen and oxygen atoms in total. The van der Waals surface area contributed by atoms with Crippen LogP contribution in [0.4, 0.5) is 0 Å². The number of Topliss-reactive ketones (excluding diaryl/α,β-unsaturated/α-hetero) is 1. The number of carbonyl (C=O) groups is 1. The number of aliphatic hydroxyl groups is 5. The SMILES string of the molecule is [CH2]CCC(=O)[C@H](O)[C@@](N)(O)[C@H](O)[C@H](O)CO. The fraction of sp³-hybridized carbons (Fsp3) is 0.778. The average Bonchev–Trinajstić information content (AvgIpc) is 2.25. The van der Waals surface area contributed by atoms with Crippen LogP contribution in [0.15, 0.2) is 0 Å². The number of hydrogen-bond acceptors (Lipinski definition) is 7. The summed E-state index contributed by atoms with van der Waals surface area (Å²) >= 11 is 0. The van der Waals surface area contributed by atoms with Crippen molar-refractivity contribution in [2.75, 3.05) is 6.61 Å². The number of ketones is 1. The van der Waals surface area contributed by atoms with E-state index in [1.807, 2.05) is 0 Å². The van der Waals surface area contributed by atoms with Gasteiger partial charge in [0, 0.05) is 6.42 Å². The highest BCUT2D eigenvalue weighted by molar-refractivity contribution is 5.84. The summed E-state index contributed by atoms with van der Waals surface area (Å²) in [5, 5.41) is 45.8. The Labute approximate surface area is 93.1 Å². The van der Waals surface area contributed by atoms with E-state index in [9.17, 15) is 20.1 Å². The van der Waals surface area contributed by atoms with E-state index in [2.05, 4.69) is 6.92 Å². The van der Waals surface area contributed by atoms with Crippen LogP contribution in [0.1, 0.15) is 12.8 Å². The molecule has 0 aromatic rings. The van der Waals surface area contributed by atoms with Crippen LogP contribution in [0.3, 0.4) is 0 Å².